The van der Waals surface area contributed by atoms with Crippen LogP contribution in [-0.4, -0.2) is 26.2 Å². The van der Waals surface area contributed by atoms with Crippen molar-refractivity contribution in [2.75, 3.05) is 0 Å². The van der Waals surface area contributed by atoms with Crippen LogP contribution in [0.1, 0.15) is 44.6 Å². The lowest BCUT2D eigenvalue weighted by Gasteiger charge is -2.13. The molecule has 0 spiro atoms. The Balaban J connectivity index is 1.66. The Kier molecular flexibility index (Phi) is 3.84. The predicted molar refractivity (Wildman–Crippen MR) is 81.7 cm³/mol. The predicted octanol–water partition coefficient (Wildman–Crippen LogP) is 2.76. The zero-order chi connectivity index (χ0) is 15.1. The van der Waals surface area contributed by atoms with Crippen molar-refractivity contribution in [3.63, 3.8) is 0 Å². The quantitative estimate of drug-likeness (QED) is 0.822. The van der Waals surface area contributed by atoms with E-state index in [4.69, 9.17) is 4.74 Å². The first-order valence-electron chi connectivity index (χ1n) is 7.74. The zero-order valence-corrected chi connectivity index (χ0v) is 13.4. The molecule has 3 atom stereocenters. The molecule has 0 aromatic heterocycles. The second-order valence-corrected chi connectivity index (χ2v) is 8.00. The van der Waals surface area contributed by atoms with Crippen LogP contribution < -0.4 is 4.72 Å². The smallest absolute Gasteiger partial charge is 0.240 e. The summed E-state index contributed by atoms with van der Waals surface area (Å²) in [6, 6.07) is 6.88. The Hall–Kier alpha value is -0.910. The van der Waals surface area contributed by atoms with E-state index in [0.29, 0.717) is 4.90 Å². The first kappa shape index (κ1) is 15.0. The van der Waals surface area contributed by atoms with E-state index >= 15 is 0 Å². The second-order valence-electron chi connectivity index (χ2n) is 6.29. The summed E-state index contributed by atoms with van der Waals surface area (Å²) in [5.41, 5.74) is 1.02. The normalized spacial score (nSPS) is 31.1. The fourth-order valence-corrected chi connectivity index (χ4v) is 4.60. The van der Waals surface area contributed by atoms with Crippen LogP contribution in [0.5, 0.6) is 0 Å². The van der Waals surface area contributed by atoms with E-state index in [1.807, 2.05) is 19.1 Å². The van der Waals surface area contributed by atoms with Crippen LogP contribution in [0.2, 0.25) is 0 Å². The maximum atomic E-state index is 12.4. The number of ether oxygens (including phenoxy) is 1. The molecule has 0 amide bonds. The summed E-state index contributed by atoms with van der Waals surface area (Å²) in [5, 5.41) is 0. The molecule has 1 aromatic rings. The molecule has 2 aliphatic rings. The highest BCUT2D eigenvalue weighted by atomic mass is 32.2. The molecule has 0 unspecified atom stereocenters. The lowest BCUT2D eigenvalue weighted by Crippen LogP contribution is -2.37. The van der Waals surface area contributed by atoms with E-state index in [9.17, 15) is 8.42 Å². The second kappa shape index (κ2) is 5.38. The molecule has 3 rings (SSSR count). The van der Waals surface area contributed by atoms with Gasteiger partial charge in [-0.1, -0.05) is 37.5 Å². The number of hydrogen-bond donors (Lipinski definition) is 1. The van der Waals surface area contributed by atoms with E-state index in [0.717, 1.165) is 37.7 Å². The molecule has 1 aliphatic heterocycles. The number of hydrogen-bond acceptors (Lipinski definition) is 3. The summed E-state index contributed by atoms with van der Waals surface area (Å²) < 4.78 is 33.5. The molecular weight excluding hydrogens is 286 g/mol. The van der Waals surface area contributed by atoms with Crippen molar-refractivity contribution < 1.29 is 13.2 Å². The third-order valence-corrected chi connectivity index (χ3v) is 6.16. The van der Waals surface area contributed by atoms with Gasteiger partial charge in [-0.3, -0.25) is 0 Å². The summed E-state index contributed by atoms with van der Waals surface area (Å²) in [7, 11) is -3.44. The number of unbranched alkanes of at least 4 members (excludes halogenated alkanes) is 1. The minimum absolute atomic E-state index is 0.0313. The fraction of sp³-hybridized carbons (Fsp3) is 0.625. The van der Waals surface area contributed by atoms with Gasteiger partial charge in [0.05, 0.1) is 16.5 Å². The monoisotopic (exact) mass is 309 g/mol. The standard InChI is InChI=1S/C16H23NO3S/c1-3-4-10-16-11-9-14(15(16)20-16)17-21(18,19)13-7-5-12(2)6-8-13/h5-8,14-15,17H,3-4,9-11H2,1-2H3/t14-,15-,16+/m0/s1. The molecule has 1 heterocycles. The molecule has 1 saturated heterocycles. The van der Waals surface area contributed by atoms with Crippen molar-refractivity contribution in [2.24, 2.45) is 0 Å². The number of aryl methyl sites for hydroxylation is 1. The minimum atomic E-state index is -3.44. The molecule has 21 heavy (non-hydrogen) atoms. The largest absolute Gasteiger partial charge is 0.364 e. The highest BCUT2D eigenvalue weighted by Crippen LogP contribution is 2.53. The number of epoxide rings is 1. The van der Waals surface area contributed by atoms with Gasteiger partial charge >= 0.3 is 0 Å². The van der Waals surface area contributed by atoms with Gasteiger partial charge in [0.2, 0.25) is 10.0 Å². The van der Waals surface area contributed by atoms with Crippen LogP contribution in [0.4, 0.5) is 0 Å². The fourth-order valence-electron chi connectivity index (χ4n) is 3.33. The number of rotatable bonds is 6. The van der Waals surface area contributed by atoms with Crippen molar-refractivity contribution in [3.05, 3.63) is 29.8 Å². The maximum Gasteiger partial charge on any atom is 0.240 e. The number of sulfonamides is 1. The van der Waals surface area contributed by atoms with Gasteiger partial charge in [-0.25, -0.2) is 13.1 Å². The van der Waals surface area contributed by atoms with Gasteiger partial charge in [0.25, 0.3) is 0 Å². The van der Waals surface area contributed by atoms with Gasteiger partial charge in [0, 0.05) is 0 Å². The van der Waals surface area contributed by atoms with Gasteiger partial charge in [-0.05, 0) is 38.3 Å². The highest BCUT2D eigenvalue weighted by Gasteiger charge is 2.63. The van der Waals surface area contributed by atoms with Gasteiger partial charge in [0.15, 0.2) is 0 Å². The van der Waals surface area contributed by atoms with Crippen LogP contribution in [0, 0.1) is 6.92 Å². The number of benzene rings is 1. The summed E-state index contributed by atoms with van der Waals surface area (Å²) in [4.78, 5) is 0.333. The lowest BCUT2D eigenvalue weighted by molar-refractivity contribution is 0.224. The van der Waals surface area contributed by atoms with Crippen LogP contribution >= 0.6 is 0 Å². The van der Waals surface area contributed by atoms with Crippen LogP contribution in [0.15, 0.2) is 29.2 Å². The molecule has 1 N–H and O–H groups in total. The molecule has 4 nitrogen and oxygen atoms in total. The Bertz CT molecular complexity index is 611. The maximum absolute atomic E-state index is 12.4. The van der Waals surface area contributed by atoms with Gasteiger partial charge < -0.3 is 4.74 Å². The molecule has 116 valence electrons. The summed E-state index contributed by atoms with van der Waals surface area (Å²) in [5.74, 6) is 0. The van der Waals surface area contributed by atoms with Gasteiger partial charge in [0.1, 0.15) is 6.10 Å². The summed E-state index contributed by atoms with van der Waals surface area (Å²) in [6.07, 6.45) is 5.27. The Morgan fingerprint density at radius 2 is 2.05 bits per heavy atom. The average molecular weight is 309 g/mol. The van der Waals surface area contributed by atoms with Crippen molar-refractivity contribution in [3.8, 4) is 0 Å². The van der Waals surface area contributed by atoms with E-state index in [2.05, 4.69) is 11.6 Å². The lowest BCUT2D eigenvalue weighted by atomic mass is 10.00. The van der Waals surface area contributed by atoms with Crippen molar-refractivity contribution >= 4 is 10.0 Å². The molecule has 1 aromatic carbocycles. The van der Waals surface area contributed by atoms with Crippen LogP contribution in [0.25, 0.3) is 0 Å². The molecule has 0 radical (unpaired) electrons. The SMILES string of the molecule is CCCC[C@@]12CC[C@H](NS(=O)(=O)c3ccc(C)cc3)[C@@H]1O2. The molecule has 5 heteroatoms. The van der Waals surface area contributed by atoms with Gasteiger partial charge in [-0.15, -0.1) is 0 Å². The first-order valence-corrected chi connectivity index (χ1v) is 9.22. The third-order valence-electron chi connectivity index (χ3n) is 4.66. The molecular formula is C16H23NO3S. The minimum Gasteiger partial charge on any atom is -0.364 e. The average Bonchev–Trinajstić information content (AvgIpc) is 3.08. The van der Waals surface area contributed by atoms with Crippen molar-refractivity contribution in [2.45, 2.75) is 68.6 Å². The van der Waals surface area contributed by atoms with Crippen LogP contribution in [0.3, 0.4) is 0 Å². The van der Waals surface area contributed by atoms with E-state index < -0.39 is 10.0 Å². The van der Waals surface area contributed by atoms with Crippen molar-refractivity contribution in [1.82, 2.24) is 4.72 Å². The summed E-state index contributed by atoms with van der Waals surface area (Å²) in [6.45, 7) is 4.11. The number of fused-ring (bicyclic) bond motifs is 1. The molecule has 2 fully saturated rings. The zero-order valence-electron chi connectivity index (χ0n) is 12.6. The molecule has 0 bridgehead atoms. The van der Waals surface area contributed by atoms with Crippen molar-refractivity contribution in [1.29, 1.82) is 0 Å². The summed E-state index contributed by atoms with van der Waals surface area (Å²) >= 11 is 0. The Morgan fingerprint density at radius 1 is 1.33 bits per heavy atom. The van der Waals surface area contributed by atoms with E-state index in [1.165, 1.54) is 0 Å². The Morgan fingerprint density at radius 3 is 2.67 bits per heavy atom. The topological polar surface area (TPSA) is 58.7 Å². The first-order chi connectivity index (χ1) is 9.97. The third kappa shape index (κ3) is 2.87. The molecule has 1 aliphatic carbocycles. The van der Waals surface area contributed by atoms with E-state index in [-0.39, 0.29) is 17.7 Å². The Labute approximate surface area is 126 Å². The molecule has 1 saturated carbocycles. The van der Waals surface area contributed by atoms with E-state index in [1.54, 1.807) is 12.1 Å². The van der Waals surface area contributed by atoms with Crippen LogP contribution in [-0.2, 0) is 14.8 Å². The highest BCUT2D eigenvalue weighted by molar-refractivity contribution is 7.89. The van der Waals surface area contributed by atoms with Gasteiger partial charge in [-0.2, -0.15) is 0 Å². The number of nitrogens with one attached hydrogen (secondary N) is 1.